The van der Waals surface area contributed by atoms with Crippen LogP contribution in [0.1, 0.15) is 68.7 Å². The molecule has 2 aliphatic rings. The van der Waals surface area contributed by atoms with Crippen LogP contribution in [0.4, 0.5) is 0 Å². The van der Waals surface area contributed by atoms with Crippen LogP contribution in [0.3, 0.4) is 0 Å². The minimum Gasteiger partial charge on any atom is -0.393 e. The normalized spacial score (nSPS) is 30.0. The van der Waals surface area contributed by atoms with Crippen molar-refractivity contribution in [3.63, 3.8) is 0 Å². The Hall–Kier alpha value is -0.940. The van der Waals surface area contributed by atoms with Gasteiger partial charge in [0, 0.05) is 13.0 Å². The predicted molar refractivity (Wildman–Crippen MR) is 68.6 cm³/mol. The molecule has 2 fully saturated rings. The monoisotopic (exact) mass is 266 g/mol. The van der Waals surface area contributed by atoms with Crippen molar-refractivity contribution in [3.8, 4) is 0 Å². The van der Waals surface area contributed by atoms with Crippen LogP contribution < -0.4 is 0 Å². The largest absolute Gasteiger partial charge is 0.393 e. The number of rotatable bonds is 4. The summed E-state index contributed by atoms with van der Waals surface area (Å²) in [5, 5.41) is 13.4. The van der Waals surface area contributed by atoms with E-state index < -0.39 is 0 Å². The van der Waals surface area contributed by atoms with Crippen molar-refractivity contribution in [2.45, 2.75) is 63.1 Å². The number of hydrogen-bond acceptors (Lipinski definition) is 5. The lowest BCUT2D eigenvalue weighted by Gasteiger charge is -2.28. The molecule has 1 heterocycles. The van der Waals surface area contributed by atoms with Crippen LogP contribution in [0.2, 0.25) is 0 Å². The Balaban J connectivity index is 1.69. The van der Waals surface area contributed by atoms with Crippen LogP contribution in [0.25, 0.3) is 0 Å². The molecule has 0 spiro atoms. The second-order valence-corrected chi connectivity index (χ2v) is 5.87. The number of aromatic nitrogens is 2. The zero-order valence-electron chi connectivity index (χ0n) is 11.4. The molecule has 2 aliphatic carbocycles. The van der Waals surface area contributed by atoms with Crippen molar-refractivity contribution < 1.29 is 14.4 Å². The summed E-state index contributed by atoms with van der Waals surface area (Å²) in [5.41, 5.74) is 0. The summed E-state index contributed by atoms with van der Waals surface area (Å²) in [6, 6.07) is 0. The van der Waals surface area contributed by atoms with E-state index >= 15 is 0 Å². The fourth-order valence-electron chi connectivity index (χ4n) is 3.26. The second kappa shape index (κ2) is 5.59. The molecule has 5 heteroatoms. The summed E-state index contributed by atoms with van der Waals surface area (Å²) in [6.07, 6.45) is 7.47. The van der Waals surface area contributed by atoms with Gasteiger partial charge in [0.25, 0.3) is 0 Å². The highest BCUT2D eigenvalue weighted by Gasteiger charge is 2.35. The van der Waals surface area contributed by atoms with E-state index in [0.29, 0.717) is 17.6 Å². The maximum atomic E-state index is 9.33. The first-order valence-corrected chi connectivity index (χ1v) is 7.32. The molecular formula is C14H22N2O3. The van der Waals surface area contributed by atoms with E-state index in [0.717, 1.165) is 12.8 Å². The molecule has 1 N–H and O–H groups in total. The van der Waals surface area contributed by atoms with Crippen molar-refractivity contribution in [1.29, 1.82) is 0 Å². The van der Waals surface area contributed by atoms with Crippen molar-refractivity contribution in [1.82, 2.24) is 10.1 Å². The van der Waals surface area contributed by atoms with E-state index in [9.17, 15) is 5.11 Å². The Kier molecular flexibility index (Phi) is 3.84. The Morgan fingerprint density at radius 1 is 1.26 bits per heavy atom. The topological polar surface area (TPSA) is 68.4 Å². The molecular weight excluding hydrogens is 244 g/mol. The molecule has 0 radical (unpaired) electrons. The zero-order chi connectivity index (χ0) is 13.2. The van der Waals surface area contributed by atoms with Gasteiger partial charge < -0.3 is 14.4 Å². The van der Waals surface area contributed by atoms with Crippen LogP contribution >= 0.6 is 0 Å². The van der Waals surface area contributed by atoms with Gasteiger partial charge in [0.2, 0.25) is 11.7 Å². The number of methoxy groups -OCH3 is 1. The molecule has 0 aromatic carbocycles. The van der Waals surface area contributed by atoms with Gasteiger partial charge in [-0.15, -0.1) is 0 Å². The van der Waals surface area contributed by atoms with Crippen LogP contribution in [0, 0.1) is 5.92 Å². The van der Waals surface area contributed by atoms with Gasteiger partial charge in [-0.1, -0.05) is 24.4 Å². The Morgan fingerprint density at radius 3 is 2.63 bits per heavy atom. The summed E-state index contributed by atoms with van der Waals surface area (Å²) < 4.78 is 10.9. The third-order valence-corrected chi connectivity index (χ3v) is 4.51. The first-order valence-electron chi connectivity index (χ1n) is 7.32. The molecule has 1 atom stereocenters. The molecule has 1 unspecified atom stereocenters. The van der Waals surface area contributed by atoms with Gasteiger partial charge in [-0.2, -0.15) is 4.98 Å². The molecule has 3 rings (SSSR count). The highest BCUT2D eigenvalue weighted by Crippen LogP contribution is 2.38. The van der Waals surface area contributed by atoms with Gasteiger partial charge in [0.15, 0.2) is 0 Å². The SMILES string of the molecule is COC(c1noc(C2CC(O)C2)n1)C1CCCCC1. The zero-order valence-corrected chi connectivity index (χ0v) is 11.4. The van der Waals surface area contributed by atoms with Gasteiger partial charge in [-0.25, -0.2) is 0 Å². The van der Waals surface area contributed by atoms with Gasteiger partial charge in [-0.3, -0.25) is 0 Å². The lowest BCUT2D eigenvalue weighted by atomic mass is 9.82. The van der Waals surface area contributed by atoms with E-state index in [4.69, 9.17) is 9.26 Å². The predicted octanol–water partition coefficient (Wildman–Crippen LogP) is 2.58. The third kappa shape index (κ3) is 2.67. The van der Waals surface area contributed by atoms with Gasteiger partial charge in [0.1, 0.15) is 6.10 Å². The van der Waals surface area contributed by atoms with Gasteiger partial charge in [-0.05, 0) is 31.6 Å². The molecule has 1 aromatic rings. The molecule has 106 valence electrons. The van der Waals surface area contributed by atoms with Crippen LogP contribution in [0.5, 0.6) is 0 Å². The minimum absolute atomic E-state index is 0.0391. The lowest BCUT2D eigenvalue weighted by molar-refractivity contribution is 0.0273. The molecule has 0 bridgehead atoms. The summed E-state index contributed by atoms with van der Waals surface area (Å²) in [5.74, 6) is 2.10. The van der Waals surface area contributed by atoms with E-state index in [2.05, 4.69) is 10.1 Å². The molecule has 0 aliphatic heterocycles. The smallest absolute Gasteiger partial charge is 0.230 e. The lowest BCUT2D eigenvalue weighted by Crippen LogP contribution is -2.26. The molecule has 5 nitrogen and oxygen atoms in total. The van der Waals surface area contributed by atoms with E-state index in [-0.39, 0.29) is 18.1 Å². The molecule has 0 saturated heterocycles. The summed E-state index contributed by atoms with van der Waals surface area (Å²) in [4.78, 5) is 4.50. The fourth-order valence-corrected chi connectivity index (χ4v) is 3.26. The van der Waals surface area contributed by atoms with E-state index in [1.165, 1.54) is 32.1 Å². The maximum absolute atomic E-state index is 9.33. The standard InChI is InChI=1S/C14H22N2O3/c1-18-12(9-5-3-2-4-6-9)13-15-14(19-16-13)10-7-11(17)8-10/h9-12,17H,2-8H2,1H3. The number of nitrogens with zero attached hydrogens (tertiary/aromatic N) is 2. The Bertz CT molecular complexity index is 409. The highest BCUT2D eigenvalue weighted by molar-refractivity contribution is 5.03. The Morgan fingerprint density at radius 2 is 2.00 bits per heavy atom. The summed E-state index contributed by atoms with van der Waals surface area (Å²) in [7, 11) is 1.72. The van der Waals surface area contributed by atoms with E-state index in [1.54, 1.807) is 7.11 Å². The first kappa shape index (κ1) is 13.1. The molecule has 19 heavy (non-hydrogen) atoms. The number of hydrogen-bond donors (Lipinski definition) is 1. The summed E-state index contributed by atoms with van der Waals surface area (Å²) >= 11 is 0. The third-order valence-electron chi connectivity index (χ3n) is 4.51. The number of aliphatic hydroxyl groups excluding tert-OH is 1. The number of aliphatic hydroxyl groups is 1. The second-order valence-electron chi connectivity index (χ2n) is 5.87. The average Bonchev–Trinajstić information content (AvgIpc) is 2.86. The molecule has 1 aromatic heterocycles. The minimum atomic E-state index is -0.197. The van der Waals surface area contributed by atoms with E-state index in [1.807, 2.05) is 0 Å². The van der Waals surface area contributed by atoms with Crippen LogP contribution in [-0.2, 0) is 4.74 Å². The summed E-state index contributed by atoms with van der Waals surface area (Å²) in [6.45, 7) is 0. The van der Waals surface area contributed by atoms with Gasteiger partial charge in [0.05, 0.1) is 6.10 Å². The molecule has 0 amide bonds. The van der Waals surface area contributed by atoms with Crippen molar-refractivity contribution in [2.24, 2.45) is 5.92 Å². The first-order chi connectivity index (χ1) is 9.28. The highest BCUT2D eigenvalue weighted by atomic mass is 16.5. The Labute approximate surface area is 113 Å². The van der Waals surface area contributed by atoms with Crippen molar-refractivity contribution >= 4 is 0 Å². The molecule has 2 saturated carbocycles. The fraction of sp³-hybridized carbons (Fsp3) is 0.857. The van der Waals surface area contributed by atoms with Crippen molar-refractivity contribution in [2.75, 3.05) is 7.11 Å². The van der Waals surface area contributed by atoms with Crippen molar-refractivity contribution in [3.05, 3.63) is 11.7 Å². The van der Waals surface area contributed by atoms with Crippen LogP contribution in [-0.4, -0.2) is 28.5 Å². The maximum Gasteiger partial charge on any atom is 0.230 e. The quantitative estimate of drug-likeness (QED) is 0.907. The van der Waals surface area contributed by atoms with Gasteiger partial charge >= 0.3 is 0 Å². The average molecular weight is 266 g/mol. The van der Waals surface area contributed by atoms with Crippen LogP contribution in [0.15, 0.2) is 4.52 Å². The number of ether oxygens (including phenoxy) is 1.